The molecule has 0 amide bonds. The maximum Gasteiger partial charge on any atom is 0.130 e. The largest absolute Gasteiger partial charge is 0.374 e. The molecule has 2 nitrogen and oxygen atoms in total. The van der Waals surface area contributed by atoms with E-state index in [-0.39, 0.29) is 12.2 Å². The number of hydrogen-bond acceptors (Lipinski definition) is 2. The van der Waals surface area contributed by atoms with Crippen LogP contribution in [0.4, 0.5) is 0 Å². The Morgan fingerprint density at radius 3 is 2.55 bits per heavy atom. The smallest absolute Gasteiger partial charge is 0.130 e. The van der Waals surface area contributed by atoms with Gasteiger partial charge in [0.05, 0.1) is 17.6 Å². The Balaban J connectivity index is 2.75. The molecule has 0 aromatic carbocycles. The number of carbonyl (C=O) groups is 1. The van der Waals surface area contributed by atoms with Crippen LogP contribution in [-0.4, -0.2) is 24.4 Å². The lowest BCUT2D eigenvalue weighted by Crippen LogP contribution is -2.32. The van der Waals surface area contributed by atoms with Crippen LogP contribution in [0.2, 0.25) is 0 Å². The van der Waals surface area contributed by atoms with Gasteiger partial charge in [-0.3, -0.25) is 0 Å². The zero-order chi connectivity index (χ0) is 8.48. The van der Waals surface area contributed by atoms with Gasteiger partial charge in [0.15, 0.2) is 0 Å². The average Bonchev–Trinajstić information content (AvgIpc) is 2.27. The van der Waals surface area contributed by atoms with Gasteiger partial charge in [-0.05, 0) is 20.3 Å². The fraction of sp³-hybridized carbons (Fsp3) is 0.875. The van der Waals surface area contributed by atoms with Gasteiger partial charge in [-0.1, -0.05) is 0 Å². The highest BCUT2D eigenvalue weighted by Crippen LogP contribution is 2.37. The molecule has 0 aromatic rings. The van der Waals surface area contributed by atoms with Crippen LogP contribution in [0.3, 0.4) is 0 Å². The van der Waals surface area contributed by atoms with Crippen LogP contribution in [0.15, 0.2) is 0 Å². The van der Waals surface area contributed by atoms with Gasteiger partial charge >= 0.3 is 0 Å². The molecule has 1 aliphatic rings. The van der Waals surface area contributed by atoms with E-state index in [0.717, 1.165) is 12.7 Å². The zero-order valence-electron chi connectivity index (χ0n) is 6.84. The summed E-state index contributed by atoms with van der Waals surface area (Å²) >= 11 is 5.71. The average molecular weight is 177 g/mol. The van der Waals surface area contributed by atoms with Crippen molar-refractivity contribution in [2.24, 2.45) is 5.41 Å². The lowest BCUT2D eigenvalue weighted by molar-refractivity contribution is -0.117. The van der Waals surface area contributed by atoms with Gasteiger partial charge in [0, 0.05) is 5.88 Å². The van der Waals surface area contributed by atoms with Crippen LogP contribution < -0.4 is 0 Å². The fourth-order valence-electron chi connectivity index (χ4n) is 1.57. The van der Waals surface area contributed by atoms with Gasteiger partial charge < -0.3 is 9.53 Å². The van der Waals surface area contributed by atoms with Crippen LogP contribution in [-0.2, 0) is 9.53 Å². The monoisotopic (exact) mass is 176 g/mol. The summed E-state index contributed by atoms with van der Waals surface area (Å²) in [6, 6.07) is 0. The Hall–Kier alpha value is -0.0800. The van der Waals surface area contributed by atoms with Crippen LogP contribution in [0.1, 0.15) is 20.3 Å². The minimum Gasteiger partial charge on any atom is -0.374 e. The fourth-order valence-corrected chi connectivity index (χ4v) is 1.96. The lowest BCUT2D eigenvalue weighted by atomic mass is 9.84. The molecule has 64 valence electrons. The van der Waals surface area contributed by atoms with Crippen molar-refractivity contribution in [2.45, 2.75) is 32.5 Å². The summed E-state index contributed by atoms with van der Waals surface area (Å²) in [7, 11) is 0. The lowest BCUT2D eigenvalue weighted by Gasteiger charge is -2.21. The highest BCUT2D eigenvalue weighted by atomic mass is 35.5. The third-order valence-electron chi connectivity index (χ3n) is 2.40. The predicted octanol–water partition coefficient (Wildman–Crippen LogP) is 1.61. The number of ether oxygens (including phenoxy) is 1. The van der Waals surface area contributed by atoms with Crippen molar-refractivity contribution in [3.63, 3.8) is 0 Å². The highest BCUT2D eigenvalue weighted by molar-refractivity contribution is 6.19. The van der Waals surface area contributed by atoms with Gasteiger partial charge in [0.2, 0.25) is 0 Å². The number of carbonyl (C=O) groups excluding carboxylic acids is 1. The van der Waals surface area contributed by atoms with E-state index in [1.165, 1.54) is 0 Å². The molecule has 0 saturated carbocycles. The second-order valence-corrected chi connectivity index (χ2v) is 3.54. The van der Waals surface area contributed by atoms with E-state index in [2.05, 4.69) is 0 Å². The van der Waals surface area contributed by atoms with Gasteiger partial charge in [-0.2, -0.15) is 0 Å². The molecular formula is C8H13ClO2. The Morgan fingerprint density at radius 1 is 1.73 bits per heavy atom. The summed E-state index contributed by atoms with van der Waals surface area (Å²) < 4.78 is 5.44. The summed E-state index contributed by atoms with van der Waals surface area (Å²) in [6.45, 7) is 3.87. The summed E-state index contributed by atoms with van der Waals surface area (Å²) in [6.07, 6.45) is 1.82. The molecule has 0 aromatic heterocycles. The minimum atomic E-state index is -0.430. The summed E-state index contributed by atoms with van der Waals surface area (Å²) in [5, 5.41) is 0. The maximum absolute atomic E-state index is 10.8. The van der Waals surface area contributed by atoms with Gasteiger partial charge in [-0.25, -0.2) is 0 Å². The van der Waals surface area contributed by atoms with Crippen LogP contribution in [0, 0.1) is 5.41 Å². The molecule has 0 radical (unpaired) electrons. The topological polar surface area (TPSA) is 26.3 Å². The van der Waals surface area contributed by atoms with Crippen molar-refractivity contribution in [1.29, 1.82) is 0 Å². The molecule has 0 aliphatic carbocycles. The normalized spacial score (nSPS) is 44.3. The maximum atomic E-state index is 10.8. The zero-order valence-corrected chi connectivity index (χ0v) is 7.60. The van der Waals surface area contributed by atoms with E-state index in [1.807, 2.05) is 13.8 Å². The van der Waals surface area contributed by atoms with Crippen molar-refractivity contribution >= 4 is 17.9 Å². The number of halogens is 1. The number of alkyl halides is 1. The molecule has 0 bridgehead atoms. The predicted molar refractivity (Wildman–Crippen MR) is 43.8 cm³/mol. The third-order valence-corrected chi connectivity index (χ3v) is 2.89. The first-order chi connectivity index (χ1) is 5.14. The molecule has 3 heteroatoms. The van der Waals surface area contributed by atoms with Crippen LogP contribution in [0.5, 0.6) is 0 Å². The van der Waals surface area contributed by atoms with E-state index in [0.29, 0.717) is 5.88 Å². The minimum absolute atomic E-state index is 0.0347. The van der Waals surface area contributed by atoms with E-state index < -0.39 is 5.41 Å². The van der Waals surface area contributed by atoms with Crippen molar-refractivity contribution in [3.05, 3.63) is 0 Å². The standard InChI is InChI=1S/C8H13ClO2/c1-6-3-8(4-9,5-10)7(2)11-6/h5-7H,3-4H2,1-2H3. The first-order valence-corrected chi connectivity index (χ1v) is 4.36. The molecule has 1 heterocycles. The van der Waals surface area contributed by atoms with E-state index >= 15 is 0 Å². The second kappa shape index (κ2) is 3.11. The first-order valence-electron chi connectivity index (χ1n) is 3.82. The van der Waals surface area contributed by atoms with E-state index in [1.54, 1.807) is 0 Å². The Bertz CT molecular complexity index is 160. The SMILES string of the molecule is CC1CC(C=O)(CCl)C(C)O1. The Morgan fingerprint density at radius 2 is 2.36 bits per heavy atom. The van der Waals surface area contributed by atoms with E-state index in [4.69, 9.17) is 16.3 Å². The first kappa shape index (κ1) is 9.01. The summed E-state index contributed by atoms with van der Waals surface area (Å²) in [5.74, 6) is 0.363. The molecular weight excluding hydrogens is 164 g/mol. The van der Waals surface area contributed by atoms with Crippen LogP contribution >= 0.6 is 11.6 Å². The van der Waals surface area contributed by atoms with Crippen molar-refractivity contribution in [3.8, 4) is 0 Å². The summed E-state index contributed by atoms with van der Waals surface area (Å²) in [5.41, 5.74) is -0.430. The molecule has 0 spiro atoms. The summed E-state index contributed by atoms with van der Waals surface area (Å²) in [4.78, 5) is 10.8. The Kier molecular flexibility index (Phi) is 2.55. The van der Waals surface area contributed by atoms with Crippen molar-refractivity contribution < 1.29 is 9.53 Å². The second-order valence-electron chi connectivity index (χ2n) is 3.28. The molecule has 1 saturated heterocycles. The number of hydrogen-bond donors (Lipinski definition) is 0. The molecule has 3 atom stereocenters. The van der Waals surface area contributed by atoms with Crippen LogP contribution in [0.25, 0.3) is 0 Å². The van der Waals surface area contributed by atoms with Crippen molar-refractivity contribution in [1.82, 2.24) is 0 Å². The number of rotatable bonds is 2. The van der Waals surface area contributed by atoms with Gasteiger partial charge in [-0.15, -0.1) is 11.6 Å². The molecule has 1 rings (SSSR count). The van der Waals surface area contributed by atoms with E-state index in [9.17, 15) is 4.79 Å². The quantitative estimate of drug-likeness (QED) is 0.472. The Labute approximate surface area is 71.9 Å². The third kappa shape index (κ3) is 1.42. The molecule has 0 N–H and O–H groups in total. The molecule has 1 fully saturated rings. The van der Waals surface area contributed by atoms with Gasteiger partial charge in [0.25, 0.3) is 0 Å². The molecule has 1 aliphatic heterocycles. The number of aldehydes is 1. The van der Waals surface area contributed by atoms with Gasteiger partial charge in [0.1, 0.15) is 6.29 Å². The highest BCUT2D eigenvalue weighted by Gasteiger charge is 2.44. The molecule has 3 unspecified atom stereocenters. The molecule has 11 heavy (non-hydrogen) atoms. The van der Waals surface area contributed by atoms with Crippen molar-refractivity contribution in [2.75, 3.05) is 5.88 Å².